The number of rotatable bonds is 9. The van der Waals surface area contributed by atoms with Gasteiger partial charge in [-0.1, -0.05) is 13.8 Å². The zero-order valence-electron chi connectivity index (χ0n) is 20.2. The number of ether oxygens (including phenoxy) is 3. The summed E-state index contributed by atoms with van der Waals surface area (Å²) in [6, 6.07) is 4.76. The molecule has 0 aliphatic heterocycles. The first-order chi connectivity index (χ1) is 15.6. The Morgan fingerprint density at radius 2 is 1.72 bits per heavy atom. The van der Waals surface area contributed by atoms with Gasteiger partial charge in [-0.05, 0) is 68.2 Å². The highest BCUT2D eigenvalue weighted by Gasteiger charge is 2.35. The topological polar surface area (TPSA) is 65.5 Å². The van der Waals surface area contributed by atoms with E-state index in [1.165, 1.54) is 17.5 Å². The molecule has 6 nitrogen and oxygen atoms in total. The number of nitrogens with one attached hydrogen (secondary N) is 1. The Morgan fingerprint density at radius 3 is 2.38 bits per heavy atom. The van der Waals surface area contributed by atoms with Crippen molar-refractivity contribution in [2.75, 3.05) is 33.3 Å². The summed E-state index contributed by atoms with van der Waals surface area (Å²) in [6.45, 7) is 5.01. The number of methoxy groups -OCH3 is 3. The lowest BCUT2D eigenvalue weighted by Gasteiger charge is -2.23. The van der Waals surface area contributed by atoms with Crippen molar-refractivity contribution in [1.82, 2.24) is 9.97 Å². The zero-order chi connectivity index (χ0) is 22.7. The van der Waals surface area contributed by atoms with Crippen LogP contribution in [0.25, 0.3) is 11.3 Å². The van der Waals surface area contributed by atoms with Gasteiger partial charge in [0.05, 0.1) is 36.9 Å². The Bertz CT molecular complexity index is 946. The molecule has 1 aromatic carbocycles. The van der Waals surface area contributed by atoms with Crippen LogP contribution in [0.5, 0.6) is 5.75 Å². The molecule has 1 fully saturated rings. The third-order valence-electron chi connectivity index (χ3n) is 7.07. The predicted octanol–water partition coefficient (Wildman–Crippen LogP) is 4.62. The van der Waals surface area contributed by atoms with E-state index >= 15 is 0 Å². The maximum absolute atomic E-state index is 5.79. The zero-order valence-corrected chi connectivity index (χ0v) is 20.2. The molecule has 1 N–H and O–H groups in total. The Morgan fingerprint density at radius 1 is 0.969 bits per heavy atom. The van der Waals surface area contributed by atoms with Crippen LogP contribution in [-0.2, 0) is 35.2 Å². The second-order valence-electron chi connectivity index (χ2n) is 8.99. The van der Waals surface area contributed by atoms with Crippen molar-refractivity contribution in [3.05, 3.63) is 34.6 Å². The molecule has 4 rings (SSSR count). The molecule has 1 unspecified atom stereocenters. The van der Waals surface area contributed by atoms with E-state index in [0.29, 0.717) is 5.92 Å². The van der Waals surface area contributed by atoms with E-state index < -0.39 is 0 Å². The SMILES string of the molecule is CCc1nc(-c2cc3c(cc2OC)CCC3)c(CC)nc1NC1C[C@@H](OC)C[C@@H]1COC. The Kier molecular flexibility index (Phi) is 7.31. The van der Waals surface area contributed by atoms with E-state index in [2.05, 4.69) is 31.3 Å². The van der Waals surface area contributed by atoms with Gasteiger partial charge in [-0.3, -0.25) is 0 Å². The number of anilines is 1. The van der Waals surface area contributed by atoms with Crippen molar-refractivity contribution >= 4 is 5.82 Å². The van der Waals surface area contributed by atoms with Crippen LogP contribution in [0, 0.1) is 5.92 Å². The van der Waals surface area contributed by atoms with Gasteiger partial charge < -0.3 is 19.5 Å². The number of nitrogens with zero attached hydrogens (tertiary/aromatic N) is 2. The average Bonchev–Trinajstić information content (AvgIpc) is 3.44. The molecule has 2 aliphatic carbocycles. The molecule has 3 atom stereocenters. The average molecular weight is 440 g/mol. The molecule has 1 heterocycles. The van der Waals surface area contributed by atoms with Crippen LogP contribution in [0.2, 0.25) is 0 Å². The molecule has 174 valence electrons. The fourth-order valence-corrected chi connectivity index (χ4v) is 5.30. The second kappa shape index (κ2) is 10.2. The molecule has 1 saturated carbocycles. The number of aromatic nitrogens is 2. The van der Waals surface area contributed by atoms with E-state index in [1.54, 1.807) is 21.3 Å². The van der Waals surface area contributed by atoms with Gasteiger partial charge in [-0.15, -0.1) is 0 Å². The molecule has 0 saturated heterocycles. The first-order valence-corrected chi connectivity index (χ1v) is 12.0. The van der Waals surface area contributed by atoms with Gasteiger partial charge in [-0.2, -0.15) is 0 Å². The summed E-state index contributed by atoms with van der Waals surface area (Å²) >= 11 is 0. The molecule has 0 spiro atoms. The highest BCUT2D eigenvalue weighted by molar-refractivity contribution is 5.72. The number of benzene rings is 1. The van der Waals surface area contributed by atoms with Gasteiger partial charge in [-0.25, -0.2) is 9.97 Å². The minimum absolute atomic E-state index is 0.256. The molecule has 1 aromatic heterocycles. The summed E-state index contributed by atoms with van der Waals surface area (Å²) in [5.41, 5.74) is 6.85. The monoisotopic (exact) mass is 439 g/mol. The molecule has 0 radical (unpaired) electrons. The van der Waals surface area contributed by atoms with Gasteiger partial charge >= 0.3 is 0 Å². The molecular weight excluding hydrogens is 402 g/mol. The Hall–Kier alpha value is -2.18. The fourth-order valence-electron chi connectivity index (χ4n) is 5.30. The van der Waals surface area contributed by atoms with Gasteiger partial charge in [0.2, 0.25) is 0 Å². The predicted molar refractivity (Wildman–Crippen MR) is 128 cm³/mol. The van der Waals surface area contributed by atoms with E-state index in [4.69, 9.17) is 24.2 Å². The Balaban J connectivity index is 1.71. The number of hydrogen-bond acceptors (Lipinski definition) is 6. The van der Waals surface area contributed by atoms with E-state index in [0.717, 1.165) is 79.3 Å². The summed E-state index contributed by atoms with van der Waals surface area (Å²) in [5, 5.41) is 3.72. The van der Waals surface area contributed by atoms with E-state index in [1.807, 2.05) is 0 Å². The number of fused-ring (bicyclic) bond motifs is 1. The molecule has 2 aliphatic rings. The summed E-state index contributed by atoms with van der Waals surface area (Å²) in [5.74, 6) is 2.20. The standard InChI is InChI=1S/C26H37N3O3/c1-6-21-25(20-12-16-9-8-10-17(16)13-24(20)32-5)27-22(7-2)26(28-21)29-23-14-19(31-4)11-18(23)15-30-3/h12-13,18-19,23H,6-11,14-15H2,1-5H3,(H,28,29)/t18-,19+,23?/m1/s1. The lowest BCUT2D eigenvalue weighted by Crippen LogP contribution is -2.28. The highest BCUT2D eigenvalue weighted by atomic mass is 16.5. The number of hydrogen-bond donors (Lipinski definition) is 1. The minimum atomic E-state index is 0.256. The van der Waals surface area contributed by atoms with Crippen LogP contribution in [0.4, 0.5) is 5.82 Å². The summed E-state index contributed by atoms with van der Waals surface area (Å²) in [6.07, 6.45) is 7.32. The molecule has 0 bridgehead atoms. The molecule has 6 heteroatoms. The van der Waals surface area contributed by atoms with Crippen molar-refractivity contribution in [1.29, 1.82) is 0 Å². The van der Waals surface area contributed by atoms with Gasteiger partial charge in [0.15, 0.2) is 0 Å². The van der Waals surface area contributed by atoms with Crippen molar-refractivity contribution < 1.29 is 14.2 Å². The van der Waals surface area contributed by atoms with E-state index in [-0.39, 0.29) is 12.1 Å². The molecule has 32 heavy (non-hydrogen) atoms. The van der Waals surface area contributed by atoms with Gasteiger partial charge in [0.25, 0.3) is 0 Å². The van der Waals surface area contributed by atoms with Crippen LogP contribution in [0.3, 0.4) is 0 Å². The third kappa shape index (κ3) is 4.48. The molecule has 0 amide bonds. The molecular formula is C26H37N3O3. The van der Waals surface area contributed by atoms with Crippen LogP contribution >= 0.6 is 0 Å². The van der Waals surface area contributed by atoms with Crippen LogP contribution in [0.1, 0.15) is 55.6 Å². The fraction of sp³-hybridized carbons (Fsp3) is 0.615. The lowest BCUT2D eigenvalue weighted by molar-refractivity contribution is 0.0947. The first kappa shape index (κ1) is 23.0. The minimum Gasteiger partial charge on any atom is -0.496 e. The maximum atomic E-state index is 5.79. The second-order valence-corrected chi connectivity index (χ2v) is 8.99. The van der Waals surface area contributed by atoms with Crippen molar-refractivity contribution in [2.45, 2.75) is 70.9 Å². The summed E-state index contributed by atoms with van der Waals surface area (Å²) in [7, 11) is 5.31. The maximum Gasteiger partial charge on any atom is 0.148 e. The molecule has 2 aromatic rings. The Labute approximate surface area is 192 Å². The van der Waals surface area contributed by atoms with Crippen molar-refractivity contribution in [3.8, 4) is 17.0 Å². The number of aryl methyl sites for hydroxylation is 4. The van der Waals surface area contributed by atoms with Gasteiger partial charge in [0.1, 0.15) is 11.6 Å². The summed E-state index contributed by atoms with van der Waals surface area (Å²) in [4.78, 5) is 10.3. The first-order valence-electron chi connectivity index (χ1n) is 12.0. The quantitative estimate of drug-likeness (QED) is 0.615. The highest BCUT2D eigenvalue weighted by Crippen LogP contribution is 2.38. The lowest BCUT2D eigenvalue weighted by atomic mass is 10.00. The van der Waals surface area contributed by atoms with Gasteiger partial charge in [0, 0.05) is 31.7 Å². The van der Waals surface area contributed by atoms with Crippen LogP contribution in [0.15, 0.2) is 12.1 Å². The summed E-state index contributed by atoms with van der Waals surface area (Å²) < 4.78 is 16.9. The largest absolute Gasteiger partial charge is 0.496 e. The van der Waals surface area contributed by atoms with Crippen molar-refractivity contribution in [3.63, 3.8) is 0 Å². The smallest absolute Gasteiger partial charge is 0.148 e. The van der Waals surface area contributed by atoms with Crippen LogP contribution in [-0.4, -0.2) is 50.1 Å². The normalized spacial score (nSPS) is 22.2. The third-order valence-corrected chi connectivity index (χ3v) is 7.07. The van der Waals surface area contributed by atoms with Crippen LogP contribution < -0.4 is 10.1 Å². The van der Waals surface area contributed by atoms with E-state index in [9.17, 15) is 0 Å². The van der Waals surface area contributed by atoms with Crippen molar-refractivity contribution in [2.24, 2.45) is 5.92 Å².